The molecule has 15 heavy (non-hydrogen) atoms. The third kappa shape index (κ3) is 3.47. The molecule has 2 atom stereocenters. The van der Waals surface area contributed by atoms with Gasteiger partial charge in [-0.2, -0.15) is 0 Å². The van der Waals surface area contributed by atoms with Crippen molar-refractivity contribution in [3.05, 3.63) is 0 Å². The molecule has 1 fully saturated rings. The maximum absolute atomic E-state index is 11.9. The summed E-state index contributed by atoms with van der Waals surface area (Å²) < 4.78 is 5.18. The predicted molar refractivity (Wildman–Crippen MR) is 59.4 cm³/mol. The van der Waals surface area contributed by atoms with E-state index in [1.807, 2.05) is 13.8 Å². The average Bonchev–Trinajstić information content (AvgIpc) is 2.50. The standard InChI is InChI=1S/C11H22N2O2/c1-4-5-11(2,3)13-10(14)8-6-15-7-9(8)12/h8-9H,4-7,12H2,1-3H3,(H,13,14). The van der Waals surface area contributed by atoms with Gasteiger partial charge in [-0.1, -0.05) is 13.3 Å². The lowest BCUT2D eigenvalue weighted by molar-refractivity contribution is -0.126. The van der Waals surface area contributed by atoms with E-state index in [9.17, 15) is 4.79 Å². The maximum Gasteiger partial charge on any atom is 0.227 e. The molecule has 1 heterocycles. The van der Waals surface area contributed by atoms with Crippen LogP contribution in [-0.2, 0) is 9.53 Å². The van der Waals surface area contributed by atoms with Crippen molar-refractivity contribution in [1.29, 1.82) is 0 Å². The number of nitrogens with two attached hydrogens (primary N) is 1. The third-order valence-corrected chi connectivity index (χ3v) is 2.80. The van der Waals surface area contributed by atoms with E-state index in [0.717, 1.165) is 12.8 Å². The molecule has 4 heteroatoms. The molecule has 1 rings (SSSR count). The van der Waals surface area contributed by atoms with Crippen LogP contribution in [0.1, 0.15) is 33.6 Å². The summed E-state index contributed by atoms with van der Waals surface area (Å²) in [6.45, 7) is 7.13. The lowest BCUT2D eigenvalue weighted by Gasteiger charge is -2.28. The molecule has 4 nitrogen and oxygen atoms in total. The SMILES string of the molecule is CCCC(C)(C)NC(=O)C1COCC1N. The number of hydrogen-bond acceptors (Lipinski definition) is 3. The molecule has 0 radical (unpaired) electrons. The van der Waals surface area contributed by atoms with Gasteiger partial charge >= 0.3 is 0 Å². The highest BCUT2D eigenvalue weighted by Crippen LogP contribution is 2.16. The molecule has 0 bridgehead atoms. The Hall–Kier alpha value is -0.610. The zero-order valence-electron chi connectivity index (χ0n) is 9.88. The molecule has 1 aliphatic rings. The number of carbonyl (C=O) groups excluding carboxylic acids is 1. The lowest BCUT2D eigenvalue weighted by atomic mass is 9.96. The van der Waals surface area contributed by atoms with Gasteiger partial charge in [0, 0.05) is 11.6 Å². The van der Waals surface area contributed by atoms with Gasteiger partial charge in [0.25, 0.3) is 0 Å². The molecular weight excluding hydrogens is 192 g/mol. The first-order valence-corrected chi connectivity index (χ1v) is 5.61. The molecule has 3 N–H and O–H groups in total. The highest BCUT2D eigenvalue weighted by molar-refractivity contribution is 5.80. The van der Waals surface area contributed by atoms with E-state index in [1.54, 1.807) is 0 Å². The minimum Gasteiger partial charge on any atom is -0.379 e. The highest BCUT2D eigenvalue weighted by atomic mass is 16.5. The minimum atomic E-state index is -0.180. The summed E-state index contributed by atoms with van der Waals surface area (Å²) in [6.07, 6.45) is 2.03. The van der Waals surface area contributed by atoms with Gasteiger partial charge in [0.1, 0.15) is 0 Å². The van der Waals surface area contributed by atoms with Gasteiger partial charge in [0.15, 0.2) is 0 Å². The van der Waals surface area contributed by atoms with Gasteiger partial charge in [-0.15, -0.1) is 0 Å². The zero-order valence-corrected chi connectivity index (χ0v) is 9.88. The van der Waals surface area contributed by atoms with Crippen LogP contribution in [0.2, 0.25) is 0 Å². The van der Waals surface area contributed by atoms with Crippen LogP contribution < -0.4 is 11.1 Å². The van der Waals surface area contributed by atoms with E-state index in [2.05, 4.69) is 12.2 Å². The summed E-state index contributed by atoms with van der Waals surface area (Å²) >= 11 is 0. The molecule has 1 saturated heterocycles. The van der Waals surface area contributed by atoms with Gasteiger partial charge in [0.05, 0.1) is 19.1 Å². The molecule has 0 aliphatic carbocycles. The third-order valence-electron chi connectivity index (χ3n) is 2.80. The average molecular weight is 214 g/mol. The van der Waals surface area contributed by atoms with Crippen LogP contribution in [-0.4, -0.2) is 30.7 Å². The fourth-order valence-electron chi connectivity index (χ4n) is 1.95. The van der Waals surface area contributed by atoms with E-state index in [1.165, 1.54) is 0 Å². The Morgan fingerprint density at radius 3 is 2.67 bits per heavy atom. The summed E-state index contributed by atoms with van der Waals surface area (Å²) in [5, 5.41) is 3.03. The van der Waals surface area contributed by atoms with Crippen molar-refractivity contribution in [2.45, 2.75) is 45.2 Å². The van der Waals surface area contributed by atoms with E-state index in [0.29, 0.717) is 13.2 Å². The normalized spacial score (nSPS) is 26.7. The molecule has 0 aromatic rings. The predicted octanol–water partition coefficient (Wildman–Crippen LogP) is 0.655. The number of rotatable bonds is 4. The lowest BCUT2D eigenvalue weighted by Crippen LogP contribution is -2.49. The van der Waals surface area contributed by atoms with Crippen molar-refractivity contribution in [1.82, 2.24) is 5.32 Å². The summed E-state index contributed by atoms with van der Waals surface area (Å²) in [5.41, 5.74) is 5.64. The summed E-state index contributed by atoms with van der Waals surface area (Å²) in [5.74, 6) is -0.153. The Bertz CT molecular complexity index is 229. The van der Waals surface area contributed by atoms with Crippen LogP contribution in [0.3, 0.4) is 0 Å². The van der Waals surface area contributed by atoms with Gasteiger partial charge < -0.3 is 15.8 Å². The van der Waals surface area contributed by atoms with Crippen LogP contribution in [0.4, 0.5) is 0 Å². The van der Waals surface area contributed by atoms with Crippen LogP contribution >= 0.6 is 0 Å². The Balaban J connectivity index is 2.47. The molecule has 0 aromatic heterocycles. The van der Waals surface area contributed by atoms with Gasteiger partial charge in [0.2, 0.25) is 5.91 Å². The molecule has 0 aromatic carbocycles. The van der Waals surface area contributed by atoms with Gasteiger partial charge in [-0.05, 0) is 20.3 Å². The van der Waals surface area contributed by atoms with Crippen molar-refractivity contribution in [2.75, 3.05) is 13.2 Å². The fraction of sp³-hybridized carbons (Fsp3) is 0.909. The molecule has 0 saturated carbocycles. The molecule has 1 aliphatic heterocycles. The highest BCUT2D eigenvalue weighted by Gasteiger charge is 2.33. The second-order valence-corrected chi connectivity index (χ2v) is 4.93. The first-order chi connectivity index (χ1) is 6.96. The molecule has 0 spiro atoms. The first kappa shape index (κ1) is 12.5. The van der Waals surface area contributed by atoms with E-state index in [4.69, 9.17) is 10.5 Å². The van der Waals surface area contributed by atoms with Crippen molar-refractivity contribution < 1.29 is 9.53 Å². The molecule has 2 unspecified atom stereocenters. The Morgan fingerprint density at radius 2 is 2.20 bits per heavy atom. The smallest absolute Gasteiger partial charge is 0.227 e. The van der Waals surface area contributed by atoms with Crippen LogP contribution in [0.5, 0.6) is 0 Å². The van der Waals surface area contributed by atoms with Crippen molar-refractivity contribution in [3.8, 4) is 0 Å². The molecule has 88 valence electrons. The molecular formula is C11H22N2O2. The fourth-order valence-corrected chi connectivity index (χ4v) is 1.95. The Labute approximate surface area is 91.5 Å². The van der Waals surface area contributed by atoms with Crippen LogP contribution in [0, 0.1) is 5.92 Å². The Morgan fingerprint density at radius 1 is 1.53 bits per heavy atom. The van der Waals surface area contributed by atoms with E-state index < -0.39 is 0 Å². The number of amides is 1. The zero-order chi connectivity index (χ0) is 11.5. The van der Waals surface area contributed by atoms with Crippen molar-refractivity contribution in [2.24, 2.45) is 11.7 Å². The maximum atomic E-state index is 11.9. The number of hydrogen-bond donors (Lipinski definition) is 2. The largest absolute Gasteiger partial charge is 0.379 e. The summed E-state index contributed by atoms with van der Waals surface area (Å²) in [6, 6.07) is -0.151. The topological polar surface area (TPSA) is 64.3 Å². The van der Waals surface area contributed by atoms with Gasteiger partial charge in [-0.25, -0.2) is 0 Å². The van der Waals surface area contributed by atoms with Crippen LogP contribution in [0.25, 0.3) is 0 Å². The quantitative estimate of drug-likeness (QED) is 0.722. The number of ether oxygens (including phenoxy) is 1. The number of carbonyl (C=O) groups is 1. The van der Waals surface area contributed by atoms with E-state index >= 15 is 0 Å². The number of nitrogens with one attached hydrogen (secondary N) is 1. The monoisotopic (exact) mass is 214 g/mol. The van der Waals surface area contributed by atoms with Crippen molar-refractivity contribution >= 4 is 5.91 Å². The first-order valence-electron chi connectivity index (χ1n) is 5.61. The van der Waals surface area contributed by atoms with Gasteiger partial charge in [-0.3, -0.25) is 4.79 Å². The second kappa shape index (κ2) is 4.94. The van der Waals surface area contributed by atoms with Crippen molar-refractivity contribution in [3.63, 3.8) is 0 Å². The van der Waals surface area contributed by atoms with Crippen LogP contribution in [0.15, 0.2) is 0 Å². The minimum absolute atomic E-state index is 0.0263. The van der Waals surface area contributed by atoms with E-state index in [-0.39, 0.29) is 23.4 Å². The summed E-state index contributed by atoms with van der Waals surface area (Å²) in [7, 11) is 0. The Kier molecular flexibility index (Phi) is 4.11. The second-order valence-electron chi connectivity index (χ2n) is 4.93. The summed E-state index contributed by atoms with van der Waals surface area (Å²) in [4.78, 5) is 11.9. The molecule has 1 amide bonds.